The van der Waals surface area contributed by atoms with Crippen LogP contribution in [0, 0.1) is 5.41 Å². The number of anilines is 1. The van der Waals surface area contributed by atoms with E-state index in [1.54, 1.807) is 35.2 Å². The van der Waals surface area contributed by atoms with Crippen molar-refractivity contribution in [3.63, 3.8) is 0 Å². The number of fused-ring (bicyclic) bond motifs is 2. The molecule has 9 heteroatoms. The van der Waals surface area contributed by atoms with Crippen LogP contribution in [0.1, 0.15) is 53.0 Å². The quantitative estimate of drug-likeness (QED) is 0.178. The second-order valence-electron chi connectivity index (χ2n) is 10.2. The van der Waals surface area contributed by atoms with Crippen molar-refractivity contribution in [2.24, 2.45) is 5.41 Å². The minimum absolute atomic E-state index is 0.0672. The molecule has 3 aromatic carbocycles. The molecule has 2 atom stereocenters. The summed E-state index contributed by atoms with van der Waals surface area (Å²) in [4.78, 5) is 38.5. The Morgan fingerprint density at radius 1 is 1.00 bits per heavy atom. The standard InChI is InChI=1S/C20H17ClO3.C11H11Cl2NO2/c1-2-19(17(22)15-8-3-4-9-16(15)18(19)23)11-20(12-24-20)13-6-5-7-14(21)10-13;1-7-6-16-9-5-3-2-4-8(9)14(7)11(15)10(12)13/h3-10H,2,11-12H2,1H3;2-5,7,10H,6H2,1H3. The number of benzene rings is 3. The molecule has 40 heavy (non-hydrogen) atoms. The third-order valence-corrected chi connectivity index (χ3v) is 8.40. The molecule has 3 aromatic rings. The predicted molar refractivity (Wildman–Crippen MR) is 156 cm³/mol. The summed E-state index contributed by atoms with van der Waals surface area (Å²) >= 11 is 17.4. The highest BCUT2D eigenvalue weighted by Crippen LogP contribution is 2.53. The average molecular weight is 601 g/mol. The molecule has 6 rings (SSSR count). The van der Waals surface area contributed by atoms with Crippen LogP contribution in [0.25, 0.3) is 0 Å². The molecular formula is C31H28Cl3NO5. The minimum atomic E-state index is -1.05. The molecule has 208 valence electrons. The maximum atomic E-state index is 13.1. The van der Waals surface area contributed by atoms with E-state index in [0.29, 0.717) is 48.0 Å². The second-order valence-corrected chi connectivity index (χ2v) is 11.8. The van der Waals surface area contributed by atoms with E-state index in [0.717, 1.165) is 11.3 Å². The summed E-state index contributed by atoms with van der Waals surface area (Å²) in [6.45, 7) is 4.75. The van der Waals surface area contributed by atoms with Crippen molar-refractivity contribution in [2.75, 3.05) is 18.1 Å². The largest absolute Gasteiger partial charge is 0.489 e. The monoisotopic (exact) mass is 599 g/mol. The van der Waals surface area contributed by atoms with Gasteiger partial charge in [0.1, 0.15) is 18.0 Å². The number of rotatable bonds is 5. The summed E-state index contributed by atoms with van der Waals surface area (Å²) in [5.41, 5.74) is 1.09. The molecule has 1 saturated heterocycles. The van der Waals surface area contributed by atoms with Crippen molar-refractivity contribution >= 4 is 58.0 Å². The summed E-state index contributed by atoms with van der Waals surface area (Å²) in [5, 5.41) is 0.625. The number of hydrogen-bond acceptors (Lipinski definition) is 5. The molecule has 0 aromatic heterocycles. The van der Waals surface area contributed by atoms with Gasteiger partial charge >= 0.3 is 0 Å². The second kappa shape index (κ2) is 11.2. The number of carbonyl (C=O) groups excluding carboxylic acids is 3. The summed E-state index contributed by atoms with van der Waals surface area (Å²) in [6.07, 6.45) is 0.828. The highest BCUT2D eigenvalue weighted by Gasteiger charge is 2.60. The SMILES string of the molecule is CC1COc2ccccc2N1C(=O)C(Cl)Cl.CCC1(CC2(c3cccc(Cl)c3)CO2)C(=O)c2ccccc2C1=O. The van der Waals surface area contributed by atoms with Gasteiger partial charge in [0.15, 0.2) is 16.4 Å². The van der Waals surface area contributed by atoms with Gasteiger partial charge in [0.25, 0.3) is 5.91 Å². The van der Waals surface area contributed by atoms with E-state index in [1.807, 2.05) is 56.3 Å². The van der Waals surface area contributed by atoms with Gasteiger partial charge < -0.3 is 14.4 Å². The minimum Gasteiger partial charge on any atom is -0.489 e. The molecule has 0 saturated carbocycles. The predicted octanol–water partition coefficient (Wildman–Crippen LogP) is 7.04. The van der Waals surface area contributed by atoms with Crippen LogP contribution >= 0.6 is 34.8 Å². The van der Waals surface area contributed by atoms with E-state index in [1.165, 1.54) is 0 Å². The highest BCUT2D eigenvalue weighted by atomic mass is 35.5. The van der Waals surface area contributed by atoms with Crippen LogP contribution in [0.5, 0.6) is 5.75 Å². The fourth-order valence-electron chi connectivity index (χ4n) is 5.56. The van der Waals surface area contributed by atoms with Crippen LogP contribution < -0.4 is 9.64 Å². The van der Waals surface area contributed by atoms with Crippen LogP contribution in [-0.2, 0) is 15.1 Å². The van der Waals surface area contributed by atoms with E-state index >= 15 is 0 Å². The van der Waals surface area contributed by atoms with E-state index in [9.17, 15) is 14.4 Å². The molecule has 0 radical (unpaired) electrons. The lowest BCUT2D eigenvalue weighted by Gasteiger charge is -2.35. The zero-order valence-corrected chi connectivity index (χ0v) is 24.3. The normalized spacial score (nSPS) is 22.1. The van der Waals surface area contributed by atoms with E-state index < -0.39 is 15.9 Å². The molecule has 1 amide bonds. The van der Waals surface area contributed by atoms with Crippen LogP contribution in [0.2, 0.25) is 5.02 Å². The van der Waals surface area contributed by atoms with Crippen molar-refractivity contribution < 1.29 is 23.9 Å². The number of ether oxygens (including phenoxy) is 2. The first-order valence-corrected chi connectivity index (χ1v) is 14.3. The first-order valence-electron chi connectivity index (χ1n) is 13.1. The molecule has 0 spiro atoms. The van der Waals surface area contributed by atoms with Gasteiger partial charge in [-0.05, 0) is 43.2 Å². The average Bonchev–Trinajstić information content (AvgIpc) is 3.72. The fourth-order valence-corrected chi connectivity index (χ4v) is 5.96. The Morgan fingerprint density at radius 2 is 1.62 bits per heavy atom. The number of hydrogen-bond donors (Lipinski definition) is 0. The van der Waals surface area contributed by atoms with E-state index in [4.69, 9.17) is 44.3 Å². The van der Waals surface area contributed by atoms with Crippen LogP contribution in [-0.4, -0.2) is 41.6 Å². The zero-order valence-electron chi connectivity index (χ0n) is 22.0. The lowest BCUT2D eigenvalue weighted by atomic mass is 9.71. The molecular weight excluding hydrogens is 573 g/mol. The van der Waals surface area contributed by atoms with Crippen molar-refractivity contribution in [1.82, 2.24) is 0 Å². The summed E-state index contributed by atoms with van der Waals surface area (Å²) in [7, 11) is 0. The number of alkyl halides is 2. The topological polar surface area (TPSA) is 76.2 Å². The van der Waals surface area contributed by atoms with Gasteiger partial charge in [-0.15, -0.1) is 0 Å². The summed E-state index contributed by atoms with van der Waals surface area (Å²) in [6, 6.07) is 21.8. The number of nitrogens with zero attached hydrogens (tertiary/aromatic N) is 1. The molecule has 6 nitrogen and oxygen atoms in total. The van der Waals surface area contributed by atoms with Crippen molar-refractivity contribution in [3.8, 4) is 5.75 Å². The van der Waals surface area contributed by atoms with Gasteiger partial charge in [-0.1, -0.05) is 90.3 Å². The molecule has 2 unspecified atom stereocenters. The maximum absolute atomic E-state index is 13.1. The van der Waals surface area contributed by atoms with Gasteiger partial charge in [0.2, 0.25) is 0 Å². The lowest BCUT2D eigenvalue weighted by Crippen LogP contribution is -2.47. The van der Waals surface area contributed by atoms with Gasteiger partial charge in [0, 0.05) is 22.6 Å². The Balaban J connectivity index is 0.000000176. The number of halogens is 3. The number of Topliss-reactive ketones (excluding diaryl/α,β-unsaturated/α-hetero) is 2. The van der Waals surface area contributed by atoms with Crippen LogP contribution in [0.15, 0.2) is 72.8 Å². The fraction of sp³-hybridized carbons (Fsp3) is 0.323. The van der Waals surface area contributed by atoms with Gasteiger partial charge in [-0.3, -0.25) is 14.4 Å². The number of amides is 1. The smallest absolute Gasteiger partial charge is 0.260 e. The molecule has 2 aliphatic heterocycles. The zero-order chi connectivity index (χ0) is 28.7. The summed E-state index contributed by atoms with van der Waals surface area (Å²) in [5.74, 6) is 0.208. The highest BCUT2D eigenvalue weighted by molar-refractivity contribution is 6.54. The van der Waals surface area contributed by atoms with Crippen molar-refractivity contribution in [1.29, 1.82) is 0 Å². The van der Waals surface area contributed by atoms with Gasteiger partial charge in [0.05, 0.1) is 23.8 Å². The van der Waals surface area contributed by atoms with Crippen LogP contribution in [0.4, 0.5) is 5.69 Å². The lowest BCUT2D eigenvalue weighted by molar-refractivity contribution is -0.117. The summed E-state index contributed by atoms with van der Waals surface area (Å²) < 4.78 is 11.3. The van der Waals surface area contributed by atoms with Gasteiger partial charge in [-0.25, -0.2) is 0 Å². The van der Waals surface area contributed by atoms with Gasteiger partial charge in [-0.2, -0.15) is 0 Å². The molecule has 3 aliphatic rings. The first kappa shape index (κ1) is 28.6. The number of ketones is 2. The molecule has 2 heterocycles. The Kier molecular flexibility index (Phi) is 7.99. The third kappa shape index (κ3) is 5.03. The Hall–Kier alpha value is -2.90. The number of epoxide rings is 1. The third-order valence-electron chi connectivity index (χ3n) is 7.79. The van der Waals surface area contributed by atoms with E-state index in [2.05, 4.69) is 0 Å². The Morgan fingerprint density at radius 3 is 2.20 bits per heavy atom. The first-order chi connectivity index (χ1) is 19.1. The molecule has 0 bridgehead atoms. The number of carbonyl (C=O) groups is 3. The van der Waals surface area contributed by atoms with Crippen LogP contribution in [0.3, 0.4) is 0 Å². The molecule has 1 aliphatic carbocycles. The van der Waals surface area contributed by atoms with E-state index in [-0.39, 0.29) is 23.5 Å². The maximum Gasteiger partial charge on any atom is 0.260 e. The molecule has 0 N–H and O–H groups in total. The Labute approximate surface area is 248 Å². The Bertz CT molecular complexity index is 1430. The molecule has 1 fully saturated rings. The van der Waals surface area contributed by atoms with Crippen molar-refractivity contribution in [2.45, 2.75) is 43.2 Å². The van der Waals surface area contributed by atoms with Crippen molar-refractivity contribution in [3.05, 3.63) is 94.5 Å². The number of para-hydroxylation sites is 2.